The zero-order chi connectivity index (χ0) is 31.6. The van der Waals surface area contributed by atoms with Crippen molar-refractivity contribution >= 4 is 14.0 Å². The van der Waals surface area contributed by atoms with E-state index in [4.69, 9.17) is 23.0 Å². The zero-order valence-corrected chi connectivity index (χ0v) is 27.9. The maximum atomic E-state index is 13.6. The summed E-state index contributed by atoms with van der Waals surface area (Å²) in [7, 11) is -2.79. The third-order valence-corrected chi connectivity index (χ3v) is 8.61. The highest BCUT2D eigenvalue weighted by atomic mass is 31.2. The molecular formula is C35H55O8P. The molecule has 0 N–H and O–H groups in total. The Morgan fingerprint density at radius 2 is 1.09 bits per heavy atom. The second-order valence-electron chi connectivity index (χ2n) is 11.1. The van der Waals surface area contributed by atoms with Crippen molar-refractivity contribution in [1.29, 1.82) is 0 Å². The molecule has 248 valence electrons. The van der Waals surface area contributed by atoms with E-state index in [9.17, 15) is 9.36 Å². The fraction of sp³-hybridized carbons (Fsp3) is 0.629. The van der Waals surface area contributed by atoms with Crippen LogP contribution in [0.3, 0.4) is 0 Å². The SMILES string of the molecule is CCCCCCCCCCCCCCCCOCC(COP(=O)(OCc1ccccc1)OCc1ccccc1)OC(=O)OC. The lowest BCUT2D eigenvalue weighted by Crippen LogP contribution is -2.28. The molecule has 2 rings (SSSR count). The molecule has 2 aromatic carbocycles. The summed E-state index contributed by atoms with van der Waals surface area (Å²) in [5.74, 6) is 0. The number of ether oxygens (including phenoxy) is 3. The largest absolute Gasteiger partial charge is 0.508 e. The van der Waals surface area contributed by atoms with Gasteiger partial charge in [0.25, 0.3) is 0 Å². The van der Waals surface area contributed by atoms with Crippen LogP contribution in [0.15, 0.2) is 60.7 Å². The topological polar surface area (TPSA) is 89.5 Å². The van der Waals surface area contributed by atoms with Crippen molar-refractivity contribution in [2.45, 2.75) is 116 Å². The molecule has 1 unspecified atom stereocenters. The number of hydrogen-bond acceptors (Lipinski definition) is 8. The number of carbonyl (C=O) groups excluding carboxylic acids is 1. The fourth-order valence-corrected chi connectivity index (χ4v) is 5.84. The van der Waals surface area contributed by atoms with E-state index in [-0.39, 0.29) is 26.4 Å². The van der Waals surface area contributed by atoms with Gasteiger partial charge in [-0.15, -0.1) is 0 Å². The van der Waals surface area contributed by atoms with Gasteiger partial charge in [-0.05, 0) is 17.5 Å². The zero-order valence-electron chi connectivity index (χ0n) is 27.0. The average Bonchev–Trinajstić information content (AvgIpc) is 3.06. The quantitative estimate of drug-likeness (QED) is 0.0545. The van der Waals surface area contributed by atoms with Crippen molar-refractivity contribution in [3.63, 3.8) is 0 Å². The summed E-state index contributed by atoms with van der Waals surface area (Å²) in [5, 5.41) is 0. The number of hydrogen-bond donors (Lipinski definition) is 0. The first-order valence-electron chi connectivity index (χ1n) is 16.5. The molecule has 9 heteroatoms. The summed E-state index contributed by atoms with van der Waals surface area (Å²) in [4.78, 5) is 11.9. The number of phosphoric acid groups is 1. The van der Waals surface area contributed by atoms with Crippen LogP contribution in [0.4, 0.5) is 4.79 Å². The molecule has 2 aromatic rings. The summed E-state index contributed by atoms with van der Waals surface area (Å²) in [5.41, 5.74) is 1.64. The number of phosphoric ester groups is 1. The molecule has 0 radical (unpaired) electrons. The molecule has 0 amide bonds. The van der Waals surface area contributed by atoms with E-state index in [1.54, 1.807) is 0 Å². The van der Waals surface area contributed by atoms with Crippen molar-refractivity contribution < 1.29 is 37.1 Å². The van der Waals surface area contributed by atoms with Crippen molar-refractivity contribution in [2.24, 2.45) is 0 Å². The maximum Gasteiger partial charge on any atom is 0.508 e. The first-order valence-corrected chi connectivity index (χ1v) is 17.9. The van der Waals surface area contributed by atoms with Gasteiger partial charge in [0.05, 0.1) is 33.5 Å². The molecular weight excluding hydrogens is 579 g/mol. The van der Waals surface area contributed by atoms with Crippen LogP contribution in [-0.2, 0) is 45.6 Å². The summed E-state index contributed by atoms with van der Waals surface area (Å²) in [6.07, 6.45) is 16.3. The van der Waals surface area contributed by atoms with Gasteiger partial charge in [-0.3, -0.25) is 13.6 Å². The number of carbonyl (C=O) groups is 1. The number of methoxy groups -OCH3 is 1. The number of benzene rings is 2. The molecule has 1 atom stereocenters. The van der Waals surface area contributed by atoms with Crippen molar-refractivity contribution in [3.05, 3.63) is 71.8 Å². The van der Waals surface area contributed by atoms with Crippen LogP contribution in [0.25, 0.3) is 0 Å². The molecule has 0 saturated heterocycles. The Labute approximate surface area is 265 Å². The number of rotatable bonds is 27. The smallest absolute Gasteiger partial charge is 0.438 e. The van der Waals surface area contributed by atoms with Crippen LogP contribution in [0.2, 0.25) is 0 Å². The minimum Gasteiger partial charge on any atom is -0.438 e. The van der Waals surface area contributed by atoms with E-state index >= 15 is 0 Å². The van der Waals surface area contributed by atoms with E-state index in [1.165, 1.54) is 84.2 Å². The van der Waals surface area contributed by atoms with Crippen LogP contribution >= 0.6 is 7.82 Å². The van der Waals surface area contributed by atoms with Crippen LogP contribution in [0.1, 0.15) is 108 Å². The Hall–Kier alpha value is -2.22. The first kappa shape index (κ1) is 38.0. The molecule has 8 nitrogen and oxygen atoms in total. The van der Waals surface area contributed by atoms with Gasteiger partial charge in [0, 0.05) is 6.61 Å². The van der Waals surface area contributed by atoms with Crippen LogP contribution < -0.4 is 0 Å². The van der Waals surface area contributed by atoms with Gasteiger partial charge in [0.1, 0.15) is 0 Å². The molecule has 0 aliphatic rings. The fourth-order valence-electron chi connectivity index (χ4n) is 4.66. The Balaban J connectivity index is 1.69. The second-order valence-corrected chi connectivity index (χ2v) is 12.8. The summed E-state index contributed by atoms with van der Waals surface area (Å²) in [6, 6.07) is 18.7. The molecule has 0 aliphatic carbocycles. The monoisotopic (exact) mass is 634 g/mol. The van der Waals surface area contributed by atoms with E-state index in [0.717, 1.165) is 24.0 Å². The highest BCUT2D eigenvalue weighted by Crippen LogP contribution is 2.51. The highest BCUT2D eigenvalue weighted by Gasteiger charge is 2.30. The maximum absolute atomic E-state index is 13.6. The molecule has 0 bridgehead atoms. The van der Waals surface area contributed by atoms with Crippen LogP contribution in [-0.4, -0.2) is 39.2 Å². The van der Waals surface area contributed by atoms with Crippen LogP contribution in [0.5, 0.6) is 0 Å². The standard InChI is InChI=1S/C35H55O8P/c1-3-4-5-6-7-8-9-10-11-12-13-14-15-22-27-39-30-34(43-35(36)38-2)31-42-44(37,40-28-32-23-18-16-19-24-32)41-29-33-25-20-17-21-26-33/h16-21,23-26,34H,3-15,22,27-31H2,1-2H3. The molecule has 0 aliphatic heterocycles. The minimum absolute atomic E-state index is 0.0328. The predicted octanol–water partition coefficient (Wildman–Crippen LogP) is 10.2. The molecule has 44 heavy (non-hydrogen) atoms. The lowest BCUT2D eigenvalue weighted by Gasteiger charge is -2.22. The van der Waals surface area contributed by atoms with Crippen molar-refractivity contribution in [1.82, 2.24) is 0 Å². The van der Waals surface area contributed by atoms with E-state index in [1.807, 2.05) is 60.7 Å². The van der Waals surface area contributed by atoms with Crippen LogP contribution in [0, 0.1) is 0 Å². The third kappa shape index (κ3) is 19.2. The lowest BCUT2D eigenvalue weighted by atomic mass is 10.0. The molecule has 0 fully saturated rings. The Kier molecular flexibility index (Phi) is 21.6. The normalized spacial score (nSPS) is 12.2. The molecule has 0 aromatic heterocycles. The van der Waals surface area contributed by atoms with Gasteiger partial charge >= 0.3 is 14.0 Å². The summed E-state index contributed by atoms with van der Waals surface area (Å²) >= 11 is 0. The Morgan fingerprint density at radius 1 is 0.636 bits per heavy atom. The summed E-state index contributed by atoms with van der Waals surface area (Å²) in [6.45, 7) is 2.69. The highest BCUT2D eigenvalue weighted by molar-refractivity contribution is 7.48. The van der Waals surface area contributed by atoms with E-state index in [0.29, 0.717) is 6.61 Å². The van der Waals surface area contributed by atoms with Crippen molar-refractivity contribution in [2.75, 3.05) is 26.9 Å². The average molecular weight is 635 g/mol. The van der Waals surface area contributed by atoms with Gasteiger partial charge in [-0.2, -0.15) is 0 Å². The summed E-state index contributed by atoms with van der Waals surface area (Å²) < 4.78 is 46.3. The molecule has 0 saturated carbocycles. The van der Waals surface area contributed by atoms with Gasteiger partial charge in [-0.25, -0.2) is 9.36 Å². The lowest BCUT2D eigenvalue weighted by molar-refractivity contribution is -0.0345. The van der Waals surface area contributed by atoms with Gasteiger partial charge in [-0.1, -0.05) is 151 Å². The van der Waals surface area contributed by atoms with E-state index < -0.39 is 20.1 Å². The molecule has 0 heterocycles. The van der Waals surface area contributed by atoms with Crippen molar-refractivity contribution in [3.8, 4) is 0 Å². The Morgan fingerprint density at radius 3 is 1.55 bits per heavy atom. The second kappa shape index (κ2) is 25.0. The minimum atomic E-state index is -4.02. The molecule has 0 spiro atoms. The Bertz CT molecular complexity index is 957. The van der Waals surface area contributed by atoms with Gasteiger partial charge in [0.2, 0.25) is 0 Å². The number of unbranched alkanes of at least 4 members (excludes halogenated alkanes) is 13. The third-order valence-electron chi connectivity index (χ3n) is 7.26. The first-order chi connectivity index (χ1) is 21.5. The van der Waals surface area contributed by atoms with E-state index in [2.05, 4.69) is 11.7 Å². The predicted molar refractivity (Wildman–Crippen MR) is 174 cm³/mol. The van der Waals surface area contributed by atoms with Gasteiger partial charge < -0.3 is 14.2 Å². The van der Waals surface area contributed by atoms with Gasteiger partial charge in [0.15, 0.2) is 6.10 Å².